The van der Waals surface area contributed by atoms with Gasteiger partial charge in [-0.25, -0.2) is 0 Å². The summed E-state index contributed by atoms with van der Waals surface area (Å²) in [5, 5.41) is 3.06. The smallest absolute Gasteiger partial charge is 0.251 e. The molecule has 0 saturated heterocycles. The minimum atomic E-state index is -0.0114. The number of carbonyl (C=O) groups is 1. The Morgan fingerprint density at radius 1 is 0.966 bits per heavy atom. The van der Waals surface area contributed by atoms with Gasteiger partial charge in [0.15, 0.2) is 0 Å². The molecule has 1 aliphatic heterocycles. The van der Waals surface area contributed by atoms with Crippen LogP contribution >= 0.6 is 0 Å². The summed E-state index contributed by atoms with van der Waals surface area (Å²) >= 11 is 0. The topological polar surface area (TPSA) is 32.3 Å². The van der Waals surface area contributed by atoms with Gasteiger partial charge in [0.1, 0.15) is 0 Å². The average molecular weight is 385 g/mol. The standard InChI is InChI=1S/C26H28N2O/c1-20(22-8-3-2-4-9-22)18-27-26(29)24-15-13-21(14-16-24)19-28-17-7-11-23-10-5-6-12-25(23)28/h2-6,8-10,12-16,20H,7,11,17-19H2,1H3,(H,27,29)/t20-/m0/s1. The fraction of sp³-hybridized carbons (Fsp3) is 0.269. The molecule has 4 rings (SSSR count). The Morgan fingerprint density at radius 3 is 2.48 bits per heavy atom. The van der Waals surface area contributed by atoms with E-state index >= 15 is 0 Å². The second-order valence-corrected chi connectivity index (χ2v) is 7.87. The van der Waals surface area contributed by atoms with Crippen molar-refractivity contribution in [1.29, 1.82) is 0 Å². The maximum atomic E-state index is 12.5. The van der Waals surface area contributed by atoms with E-state index < -0.39 is 0 Å². The summed E-state index contributed by atoms with van der Waals surface area (Å²) in [6, 6.07) is 27.0. The highest BCUT2D eigenvalue weighted by molar-refractivity contribution is 5.94. The van der Waals surface area contributed by atoms with Crippen LogP contribution in [0.25, 0.3) is 0 Å². The van der Waals surface area contributed by atoms with Crippen molar-refractivity contribution in [3.8, 4) is 0 Å². The molecule has 0 spiro atoms. The normalized spacial score (nSPS) is 14.2. The molecule has 3 nitrogen and oxygen atoms in total. The number of anilines is 1. The molecular formula is C26H28N2O. The Morgan fingerprint density at radius 2 is 1.69 bits per heavy atom. The minimum absolute atomic E-state index is 0.0114. The number of hydrogen-bond donors (Lipinski definition) is 1. The molecule has 3 aromatic rings. The molecule has 0 saturated carbocycles. The average Bonchev–Trinajstić information content (AvgIpc) is 2.78. The molecule has 1 N–H and O–H groups in total. The van der Waals surface area contributed by atoms with Crippen molar-refractivity contribution in [2.75, 3.05) is 18.0 Å². The first-order chi connectivity index (χ1) is 14.2. The second kappa shape index (κ2) is 8.95. The van der Waals surface area contributed by atoms with Crippen molar-refractivity contribution in [2.24, 2.45) is 0 Å². The summed E-state index contributed by atoms with van der Waals surface area (Å²) in [5.41, 5.74) is 5.96. The molecule has 0 aliphatic carbocycles. The second-order valence-electron chi connectivity index (χ2n) is 7.87. The van der Waals surface area contributed by atoms with Crippen LogP contribution < -0.4 is 10.2 Å². The van der Waals surface area contributed by atoms with Gasteiger partial charge in [-0.3, -0.25) is 4.79 Å². The largest absolute Gasteiger partial charge is 0.367 e. The third-order valence-electron chi connectivity index (χ3n) is 5.73. The Bertz CT molecular complexity index is 950. The number of nitrogens with one attached hydrogen (secondary N) is 1. The van der Waals surface area contributed by atoms with E-state index in [1.807, 2.05) is 30.3 Å². The third-order valence-corrected chi connectivity index (χ3v) is 5.73. The lowest BCUT2D eigenvalue weighted by molar-refractivity contribution is 0.0951. The van der Waals surface area contributed by atoms with Crippen LogP contribution in [0.4, 0.5) is 5.69 Å². The first kappa shape index (κ1) is 19.3. The first-order valence-corrected chi connectivity index (χ1v) is 10.5. The van der Waals surface area contributed by atoms with Crippen LogP contribution in [0.2, 0.25) is 0 Å². The van der Waals surface area contributed by atoms with E-state index in [9.17, 15) is 4.79 Å². The zero-order chi connectivity index (χ0) is 20.1. The molecule has 1 aliphatic rings. The monoisotopic (exact) mass is 384 g/mol. The van der Waals surface area contributed by atoms with E-state index in [1.54, 1.807) is 0 Å². The fourth-order valence-electron chi connectivity index (χ4n) is 4.00. The third kappa shape index (κ3) is 4.68. The Kier molecular flexibility index (Phi) is 5.95. The lowest BCUT2D eigenvalue weighted by atomic mass is 10.0. The fourth-order valence-corrected chi connectivity index (χ4v) is 4.00. The van der Waals surface area contributed by atoms with Gasteiger partial charge in [-0.15, -0.1) is 0 Å². The Hall–Kier alpha value is -3.07. The zero-order valence-electron chi connectivity index (χ0n) is 17.0. The van der Waals surface area contributed by atoms with Crippen LogP contribution in [0.5, 0.6) is 0 Å². The van der Waals surface area contributed by atoms with E-state index in [2.05, 4.69) is 65.7 Å². The van der Waals surface area contributed by atoms with Crippen molar-refractivity contribution < 1.29 is 4.79 Å². The molecule has 0 aromatic heterocycles. The molecule has 0 unspecified atom stereocenters. The molecule has 29 heavy (non-hydrogen) atoms. The Balaban J connectivity index is 1.35. The maximum absolute atomic E-state index is 12.5. The summed E-state index contributed by atoms with van der Waals surface area (Å²) in [7, 11) is 0. The van der Waals surface area contributed by atoms with Gasteiger partial charge in [-0.2, -0.15) is 0 Å². The van der Waals surface area contributed by atoms with Crippen molar-refractivity contribution in [2.45, 2.75) is 32.2 Å². The number of amides is 1. The molecule has 3 aromatic carbocycles. The number of rotatable bonds is 6. The first-order valence-electron chi connectivity index (χ1n) is 10.5. The zero-order valence-corrected chi connectivity index (χ0v) is 17.0. The summed E-state index contributed by atoms with van der Waals surface area (Å²) in [4.78, 5) is 15.0. The molecule has 1 atom stereocenters. The van der Waals surface area contributed by atoms with Gasteiger partial charge in [0, 0.05) is 30.9 Å². The minimum Gasteiger partial charge on any atom is -0.367 e. The summed E-state index contributed by atoms with van der Waals surface area (Å²) in [5.74, 6) is 0.279. The van der Waals surface area contributed by atoms with Gasteiger partial charge in [0.05, 0.1) is 0 Å². The molecular weight excluding hydrogens is 356 g/mol. The van der Waals surface area contributed by atoms with E-state index in [0.29, 0.717) is 18.0 Å². The van der Waals surface area contributed by atoms with Crippen molar-refractivity contribution in [3.63, 3.8) is 0 Å². The van der Waals surface area contributed by atoms with Gasteiger partial charge in [-0.05, 0) is 53.6 Å². The number of aryl methyl sites for hydroxylation is 1. The highest BCUT2D eigenvalue weighted by Gasteiger charge is 2.16. The summed E-state index contributed by atoms with van der Waals surface area (Å²) in [6.07, 6.45) is 2.35. The molecule has 0 radical (unpaired) electrons. The van der Waals surface area contributed by atoms with E-state index in [0.717, 1.165) is 19.5 Å². The van der Waals surface area contributed by atoms with Gasteiger partial charge in [0.2, 0.25) is 0 Å². The highest BCUT2D eigenvalue weighted by Crippen LogP contribution is 2.28. The molecule has 0 bridgehead atoms. The van der Waals surface area contributed by atoms with Crippen LogP contribution in [0, 0.1) is 0 Å². The molecule has 3 heteroatoms. The van der Waals surface area contributed by atoms with Crippen LogP contribution in [-0.4, -0.2) is 19.0 Å². The van der Waals surface area contributed by atoms with Crippen molar-refractivity contribution in [1.82, 2.24) is 5.32 Å². The van der Waals surface area contributed by atoms with E-state index in [-0.39, 0.29) is 5.91 Å². The number of para-hydroxylation sites is 1. The SMILES string of the molecule is C[C@@H](CNC(=O)c1ccc(CN2CCCc3ccccc32)cc1)c1ccccc1. The number of nitrogens with zero attached hydrogens (tertiary/aromatic N) is 1. The van der Waals surface area contributed by atoms with Gasteiger partial charge in [-0.1, -0.05) is 67.6 Å². The van der Waals surface area contributed by atoms with E-state index in [1.165, 1.54) is 28.8 Å². The van der Waals surface area contributed by atoms with Gasteiger partial charge in [0.25, 0.3) is 5.91 Å². The van der Waals surface area contributed by atoms with Crippen LogP contribution in [0.1, 0.15) is 46.3 Å². The van der Waals surface area contributed by atoms with E-state index in [4.69, 9.17) is 0 Å². The summed E-state index contributed by atoms with van der Waals surface area (Å²) in [6.45, 7) is 4.73. The molecule has 1 amide bonds. The van der Waals surface area contributed by atoms with Crippen molar-refractivity contribution in [3.05, 3.63) is 101 Å². The lowest BCUT2D eigenvalue weighted by Crippen LogP contribution is -2.29. The van der Waals surface area contributed by atoms with Gasteiger partial charge < -0.3 is 10.2 Å². The van der Waals surface area contributed by atoms with Crippen LogP contribution in [0.3, 0.4) is 0 Å². The predicted octanol–water partition coefficient (Wildman–Crippen LogP) is 5.17. The number of carbonyl (C=O) groups excluding carboxylic acids is 1. The molecule has 148 valence electrons. The van der Waals surface area contributed by atoms with Crippen LogP contribution in [0.15, 0.2) is 78.9 Å². The maximum Gasteiger partial charge on any atom is 0.251 e. The highest BCUT2D eigenvalue weighted by atomic mass is 16.1. The lowest BCUT2D eigenvalue weighted by Gasteiger charge is -2.31. The number of hydrogen-bond acceptors (Lipinski definition) is 2. The van der Waals surface area contributed by atoms with Crippen LogP contribution in [-0.2, 0) is 13.0 Å². The predicted molar refractivity (Wildman–Crippen MR) is 119 cm³/mol. The molecule has 0 fully saturated rings. The number of fused-ring (bicyclic) bond motifs is 1. The number of benzene rings is 3. The Labute approximate surface area is 173 Å². The quantitative estimate of drug-likeness (QED) is 0.636. The summed E-state index contributed by atoms with van der Waals surface area (Å²) < 4.78 is 0. The molecule has 1 heterocycles. The van der Waals surface area contributed by atoms with Gasteiger partial charge >= 0.3 is 0 Å². The van der Waals surface area contributed by atoms with Crippen molar-refractivity contribution >= 4 is 11.6 Å².